The molecule has 27 heavy (non-hydrogen) atoms. The summed E-state index contributed by atoms with van der Waals surface area (Å²) in [5.41, 5.74) is 4.37. The van der Waals surface area contributed by atoms with Gasteiger partial charge in [-0.15, -0.1) is 0 Å². The Hall–Kier alpha value is -2.96. The highest BCUT2D eigenvalue weighted by molar-refractivity contribution is 5.95. The zero-order valence-electron chi connectivity index (χ0n) is 16.2. The lowest BCUT2D eigenvalue weighted by molar-refractivity contribution is 0.0729. The largest absolute Gasteiger partial charge is 0.347 e. The van der Waals surface area contributed by atoms with E-state index in [4.69, 9.17) is 4.98 Å². The molecular formula is C20H24N6O. The maximum atomic E-state index is 13.2. The van der Waals surface area contributed by atoms with E-state index >= 15 is 0 Å². The molecule has 0 aliphatic carbocycles. The van der Waals surface area contributed by atoms with E-state index in [0.717, 1.165) is 35.3 Å². The van der Waals surface area contributed by atoms with E-state index in [1.165, 1.54) is 0 Å². The number of H-pyrrole nitrogens is 1. The molecule has 1 fully saturated rings. The summed E-state index contributed by atoms with van der Waals surface area (Å²) in [5.74, 6) is 1.43. The van der Waals surface area contributed by atoms with Gasteiger partial charge in [0.2, 0.25) is 5.95 Å². The van der Waals surface area contributed by atoms with Gasteiger partial charge in [0.25, 0.3) is 5.91 Å². The van der Waals surface area contributed by atoms with Crippen molar-refractivity contribution in [1.82, 2.24) is 24.8 Å². The number of aromatic amines is 1. The molecule has 3 aromatic rings. The van der Waals surface area contributed by atoms with Gasteiger partial charge < -0.3 is 14.8 Å². The lowest BCUT2D eigenvalue weighted by atomic mass is 10.1. The second-order valence-corrected chi connectivity index (χ2v) is 7.31. The Balaban J connectivity index is 1.66. The van der Waals surface area contributed by atoms with Gasteiger partial charge in [-0.3, -0.25) is 4.79 Å². The number of imidazole rings is 1. The summed E-state index contributed by atoms with van der Waals surface area (Å²) in [6.45, 7) is 4.63. The number of benzene rings is 1. The van der Waals surface area contributed by atoms with Crippen LogP contribution in [-0.4, -0.2) is 51.4 Å². The predicted molar refractivity (Wildman–Crippen MR) is 105 cm³/mol. The Bertz CT molecular complexity index is 1010. The number of hydrogen-bond donors (Lipinski definition) is 1. The average Bonchev–Trinajstić information content (AvgIpc) is 3.28. The lowest BCUT2D eigenvalue weighted by Gasteiger charge is -2.24. The minimum atomic E-state index is -0.0442. The number of rotatable bonds is 3. The number of aryl methyl sites for hydroxylation is 2. The standard InChI is InChI=1S/C20H24N6O/c1-12-7-5-8-15-17(12)24-18(23-15)16-9-6-10-26(16)19(27)14-11-21-20(25(3)4)22-13(14)2/h5,7-8,11,16H,6,9-10H2,1-4H3,(H,23,24). The third-order valence-corrected chi connectivity index (χ3v) is 5.16. The number of amides is 1. The summed E-state index contributed by atoms with van der Waals surface area (Å²) in [5, 5.41) is 0. The molecule has 2 aromatic heterocycles. The van der Waals surface area contributed by atoms with Crippen LogP contribution >= 0.6 is 0 Å². The zero-order valence-corrected chi connectivity index (χ0v) is 16.2. The molecule has 1 aromatic carbocycles. The van der Waals surface area contributed by atoms with E-state index < -0.39 is 0 Å². The minimum Gasteiger partial charge on any atom is -0.347 e. The highest BCUT2D eigenvalue weighted by Crippen LogP contribution is 2.33. The molecule has 1 saturated heterocycles. The fourth-order valence-corrected chi connectivity index (χ4v) is 3.68. The second kappa shape index (κ2) is 6.64. The summed E-state index contributed by atoms with van der Waals surface area (Å²) in [4.78, 5) is 33.9. The van der Waals surface area contributed by atoms with Crippen LogP contribution in [0.5, 0.6) is 0 Å². The quantitative estimate of drug-likeness (QED) is 0.773. The lowest BCUT2D eigenvalue weighted by Crippen LogP contribution is -2.32. The Morgan fingerprint density at radius 2 is 2.07 bits per heavy atom. The molecule has 0 bridgehead atoms. The molecule has 1 amide bonds. The van der Waals surface area contributed by atoms with Gasteiger partial charge >= 0.3 is 0 Å². The monoisotopic (exact) mass is 364 g/mol. The maximum Gasteiger partial charge on any atom is 0.257 e. The van der Waals surface area contributed by atoms with Gasteiger partial charge in [-0.25, -0.2) is 15.0 Å². The third kappa shape index (κ3) is 3.03. The highest BCUT2D eigenvalue weighted by Gasteiger charge is 2.33. The van der Waals surface area contributed by atoms with Crippen LogP contribution in [0, 0.1) is 13.8 Å². The first-order chi connectivity index (χ1) is 13.0. The minimum absolute atomic E-state index is 0.0301. The van der Waals surface area contributed by atoms with Crippen molar-refractivity contribution >= 4 is 22.9 Å². The molecule has 4 rings (SSSR count). The fraction of sp³-hybridized carbons (Fsp3) is 0.400. The number of fused-ring (bicyclic) bond motifs is 1. The first-order valence-electron chi connectivity index (χ1n) is 9.23. The number of hydrogen-bond acceptors (Lipinski definition) is 5. The van der Waals surface area contributed by atoms with E-state index in [2.05, 4.69) is 27.9 Å². The van der Waals surface area contributed by atoms with Crippen molar-refractivity contribution in [2.24, 2.45) is 0 Å². The van der Waals surface area contributed by atoms with Crippen LogP contribution in [0.15, 0.2) is 24.4 Å². The average molecular weight is 364 g/mol. The van der Waals surface area contributed by atoms with Crippen molar-refractivity contribution in [3.8, 4) is 0 Å². The molecule has 1 atom stereocenters. The van der Waals surface area contributed by atoms with Gasteiger partial charge in [0.1, 0.15) is 5.82 Å². The number of carbonyl (C=O) groups excluding carboxylic acids is 1. The van der Waals surface area contributed by atoms with Crippen LogP contribution < -0.4 is 4.90 Å². The summed E-state index contributed by atoms with van der Waals surface area (Å²) in [6.07, 6.45) is 3.50. The van der Waals surface area contributed by atoms with E-state index in [-0.39, 0.29) is 11.9 Å². The molecule has 1 unspecified atom stereocenters. The first kappa shape index (κ1) is 17.5. The van der Waals surface area contributed by atoms with Gasteiger partial charge in [-0.2, -0.15) is 0 Å². The Morgan fingerprint density at radius 3 is 2.78 bits per heavy atom. The molecule has 1 aliphatic rings. The normalized spacial score (nSPS) is 16.9. The van der Waals surface area contributed by atoms with Crippen LogP contribution in [0.25, 0.3) is 11.0 Å². The summed E-state index contributed by atoms with van der Waals surface area (Å²) >= 11 is 0. The molecule has 0 saturated carbocycles. The zero-order chi connectivity index (χ0) is 19.1. The molecule has 1 aliphatic heterocycles. The molecule has 3 heterocycles. The molecule has 0 spiro atoms. The molecule has 1 N–H and O–H groups in total. The smallest absolute Gasteiger partial charge is 0.257 e. The summed E-state index contributed by atoms with van der Waals surface area (Å²) < 4.78 is 0. The number of aromatic nitrogens is 4. The molecule has 7 nitrogen and oxygen atoms in total. The van der Waals surface area contributed by atoms with E-state index in [9.17, 15) is 4.79 Å². The van der Waals surface area contributed by atoms with Crippen molar-refractivity contribution in [1.29, 1.82) is 0 Å². The molecule has 140 valence electrons. The van der Waals surface area contributed by atoms with Crippen LogP contribution in [0.2, 0.25) is 0 Å². The maximum absolute atomic E-state index is 13.2. The van der Waals surface area contributed by atoms with Crippen LogP contribution in [0.1, 0.15) is 46.3 Å². The summed E-state index contributed by atoms with van der Waals surface area (Å²) in [6, 6.07) is 6.05. The van der Waals surface area contributed by atoms with Gasteiger partial charge in [-0.1, -0.05) is 12.1 Å². The Morgan fingerprint density at radius 1 is 1.26 bits per heavy atom. The van der Waals surface area contributed by atoms with E-state index in [1.807, 2.05) is 43.0 Å². The summed E-state index contributed by atoms with van der Waals surface area (Å²) in [7, 11) is 3.77. The second-order valence-electron chi connectivity index (χ2n) is 7.31. The highest BCUT2D eigenvalue weighted by atomic mass is 16.2. The van der Waals surface area contributed by atoms with Gasteiger partial charge in [-0.05, 0) is 38.3 Å². The van der Waals surface area contributed by atoms with Crippen LogP contribution in [0.3, 0.4) is 0 Å². The van der Waals surface area contributed by atoms with Crippen LogP contribution in [-0.2, 0) is 0 Å². The van der Waals surface area contributed by atoms with Crippen molar-refractivity contribution in [3.63, 3.8) is 0 Å². The van der Waals surface area contributed by atoms with Crippen LogP contribution in [0.4, 0.5) is 5.95 Å². The van der Waals surface area contributed by atoms with Crippen molar-refractivity contribution < 1.29 is 4.79 Å². The van der Waals surface area contributed by atoms with Gasteiger partial charge in [0.05, 0.1) is 28.3 Å². The number of nitrogens with zero attached hydrogens (tertiary/aromatic N) is 5. The Labute approximate surface area is 158 Å². The number of likely N-dealkylation sites (tertiary alicyclic amines) is 1. The number of carbonyl (C=O) groups is 1. The van der Waals surface area contributed by atoms with Crippen molar-refractivity contribution in [2.75, 3.05) is 25.5 Å². The topological polar surface area (TPSA) is 78.0 Å². The van der Waals surface area contributed by atoms with Gasteiger partial charge in [0, 0.05) is 26.8 Å². The molecule has 7 heteroatoms. The van der Waals surface area contributed by atoms with Crippen molar-refractivity contribution in [3.05, 3.63) is 47.0 Å². The number of para-hydroxylation sites is 1. The third-order valence-electron chi connectivity index (χ3n) is 5.16. The van der Waals surface area contributed by atoms with E-state index in [1.54, 1.807) is 6.20 Å². The number of anilines is 1. The predicted octanol–water partition coefficient (Wildman–Crippen LogP) is 3.01. The Kier molecular flexibility index (Phi) is 4.30. The first-order valence-corrected chi connectivity index (χ1v) is 9.23. The fourth-order valence-electron chi connectivity index (χ4n) is 3.68. The van der Waals surface area contributed by atoms with E-state index in [0.29, 0.717) is 23.8 Å². The van der Waals surface area contributed by atoms with Crippen molar-refractivity contribution in [2.45, 2.75) is 32.7 Å². The van der Waals surface area contributed by atoms with Gasteiger partial charge in [0.15, 0.2) is 0 Å². The molecular weight excluding hydrogens is 340 g/mol. The number of nitrogens with one attached hydrogen (secondary N) is 1. The SMILES string of the molecule is Cc1nc(N(C)C)ncc1C(=O)N1CCCC1c1nc2c(C)cccc2[nH]1. The molecule has 0 radical (unpaired) electrons.